The highest BCUT2D eigenvalue weighted by atomic mass is 35.5. The van der Waals surface area contributed by atoms with E-state index in [9.17, 15) is 4.79 Å². The predicted octanol–water partition coefficient (Wildman–Crippen LogP) is 4.59. The number of aryl methyl sites for hydroxylation is 1. The van der Waals surface area contributed by atoms with Crippen molar-refractivity contribution in [2.45, 2.75) is 6.92 Å². The molecule has 0 unspecified atom stereocenters. The van der Waals surface area contributed by atoms with E-state index in [2.05, 4.69) is 4.98 Å². The van der Waals surface area contributed by atoms with Gasteiger partial charge in [-0.05, 0) is 30.7 Å². The van der Waals surface area contributed by atoms with E-state index in [4.69, 9.17) is 11.6 Å². The monoisotopic (exact) mass is 281 g/mol. The minimum absolute atomic E-state index is 0.461. The van der Waals surface area contributed by atoms with Crippen molar-refractivity contribution in [2.24, 2.45) is 0 Å². The van der Waals surface area contributed by atoms with Crippen molar-refractivity contribution in [2.75, 3.05) is 0 Å². The highest BCUT2D eigenvalue weighted by Gasteiger charge is 2.11. The third-order valence-corrected chi connectivity index (χ3v) is 3.48. The molecule has 0 fully saturated rings. The zero-order chi connectivity index (χ0) is 14.1. The molecular weight excluding hydrogens is 270 g/mol. The van der Waals surface area contributed by atoms with Crippen LogP contribution in [0.4, 0.5) is 0 Å². The molecule has 1 aromatic heterocycles. The molecule has 0 atom stereocenters. The Labute approximate surface area is 122 Å². The third kappa shape index (κ3) is 2.30. The standard InChI is InChI=1S/C17H12ClNO/c1-11-6-8-12(9-7-11)16-10-14(17(18)20)13-4-2-3-5-15(13)19-16/h2-10H,1H3. The van der Waals surface area contributed by atoms with Crippen LogP contribution in [-0.4, -0.2) is 10.2 Å². The van der Waals surface area contributed by atoms with Crippen LogP contribution in [0.3, 0.4) is 0 Å². The van der Waals surface area contributed by atoms with Crippen molar-refractivity contribution in [1.82, 2.24) is 4.98 Å². The number of hydrogen-bond acceptors (Lipinski definition) is 2. The van der Waals surface area contributed by atoms with Crippen LogP contribution < -0.4 is 0 Å². The highest BCUT2D eigenvalue weighted by Crippen LogP contribution is 2.26. The van der Waals surface area contributed by atoms with Crippen molar-refractivity contribution in [3.63, 3.8) is 0 Å². The number of benzene rings is 2. The Morgan fingerprint density at radius 1 is 1.05 bits per heavy atom. The maximum Gasteiger partial charge on any atom is 0.253 e. The van der Waals surface area contributed by atoms with E-state index in [1.54, 1.807) is 6.07 Å². The number of nitrogens with zero attached hydrogens (tertiary/aromatic N) is 1. The molecule has 0 saturated carbocycles. The summed E-state index contributed by atoms with van der Waals surface area (Å²) in [5.74, 6) is 0. The molecule has 0 spiro atoms. The number of hydrogen-bond donors (Lipinski definition) is 0. The number of carbonyl (C=O) groups excluding carboxylic acids is 1. The summed E-state index contributed by atoms with van der Waals surface area (Å²) in [5, 5.41) is 0.320. The molecule has 0 aliphatic heterocycles. The summed E-state index contributed by atoms with van der Waals surface area (Å²) in [6.45, 7) is 2.03. The Morgan fingerprint density at radius 3 is 2.45 bits per heavy atom. The van der Waals surface area contributed by atoms with Crippen molar-refractivity contribution in [1.29, 1.82) is 0 Å². The molecule has 3 rings (SSSR count). The SMILES string of the molecule is Cc1ccc(-c2cc(C(=O)Cl)c3ccccc3n2)cc1. The first-order valence-corrected chi connectivity index (χ1v) is 6.69. The number of rotatable bonds is 2. The van der Waals surface area contributed by atoms with Crippen LogP contribution in [0.1, 0.15) is 15.9 Å². The number of pyridine rings is 1. The zero-order valence-electron chi connectivity index (χ0n) is 10.9. The van der Waals surface area contributed by atoms with Gasteiger partial charge in [-0.15, -0.1) is 0 Å². The lowest BCUT2D eigenvalue weighted by molar-refractivity contribution is 0.108. The van der Waals surface area contributed by atoms with Gasteiger partial charge in [0, 0.05) is 16.5 Å². The van der Waals surface area contributed by atoms with Crippen molar-refractivity contribution in [3.8, 4) is 11.3 Å². The number of fused-ring (bicyclic) bond motifs is 1. The van der Waals surface area contributed by atoms with E-state index in [0.29, 0.717) is 5.56 Å². The van der Waals surface area contributed by atoms with Gasteiger partial charge in [-0.3, -0.25) is 4.79 Å². The Hall–Kier alpha value is -2.19. The molecule has 3 heteroatoms. The average molecular weight is 282 g/mol. The molecule has 2 aromatic carbocycles. The highest BCUT2D eigenvalue weighted by molar-refractivity contribution is 6.68. The van der Waals surface area contributed by atoms with Crippen LogP contribution in [0.25, 0.3) is 22.2 Å². The molecule has 0 N–H and O–H groups in total. The van der Waals surface area contributed by atoms with Gasteiger partial charge in [-0.25, -0.2) is 4.98 Å². The van der Waals surface area contributed by atoms with E-state index in [0.717, 1.165) is 22.2 Å². The number of carbonyl (C=O) groups is 1. The molecule has 0 radical (unpaired) electrons. The molecular formula is C17H12ClNO. The van der Waals surface area contributed by atoms with Gasteiger partial charge >= 0.3 is 0 Å². The summed E-state index contributed by atoms with van der Waals surface area (Å²) in [5.41, 5.74) is 4.18. The molecule has 0 bridgehead atoms. The predicted molar refractivity (Wildman–Crippen MR) is 82.1 cm³/mol. The van der Waals surface area contributed by atoms with Gasteiger partial charge in [-0.2, -0.15) is 0 Å². The molecule has 0 aliphatic carbocycles. The van der Waals surface area contributed by atoms with Crippen LogP contribution in [0, 0.1) is 6.92 Å². The van der Waals surface area contributed by atoms with E-state index in [1.807, 2.05) is 55.5 Å². The molecule has 1 heterocycles. The first-order chi connectivity index (χ1) is 9.65. The maximum atomic E-state index is 11.6. The fourth-order valence-corrected chi connectivity index (χ4v) is 2.37. The van der Waals surface area contributed by atoms with E-state index >= 15 is 0 Å². The van der Waals surface area contributed by atoms with Gasteiger partial charge in [-0.1, -0.05) is 48.0 Å². The third-order valence-electron chi connectivity index (χ3n) is 3.28. The minimum atomic E-state index is -0.461. The Balaban J connectivity index is 2.27. The Morgan fingerprint density at radius 2 is 1.75 bits per heavy atom. The summed E-state index contributed by atoms with van der Waals surface area (Å²) in [6.07, 6.45) is 0. The van der Waals surface area contributed by atoms with Gasteiger partial charge in [0.05, 0.1) is 11.2 Å². The molecule has 0 amide bonds. The minimum Gasteiger partial charge on any atom is -0.276 e. The first-order valence-electron chi connectivity index (χ1n) is 6.32. The Kier molecular flexibility index (Phi) is 3.25. The number of aromatic nitrogens is 1. The van der Waals surface area contributed by atoms with Gasteiger partial charge in [0.15, 0.2) is 0 Å². The fourth-order valence-electron chi connectivity index (χ4n) is 2.21. The van der Waals surface area contributed by atoms with E-state index < -0.39 is 5.24 Å². The van der Waals surface area contributed by atoms with Crippen LogP contribution >= 0.6 is 11.6 Å². The molecule has 3 aromatic rings. The van der Waals surface area contributed by atoms with Gasteiger partial charge < -0.3 is 0 Å². The van der Waals surface area contributed by atoms with Gasteiger partial charge in [0.25, 0.3) is 5.24 Å². The van der Waals surface area contributed by atoms with Crippen LogP contribution in [0.15, 0.2) is 54.6 Å². The normalized spacial score (nSPS) is 10.7. The second kappa shape index (κ2) is 5.06. The number of para-hydroxylation sites is 1. The van der Waals surface area contributed by atoms with E-state index in [1.165, 1.54) is 5.56 Å². The molecule has 0 aliphatic rings. The smallest absolute Gasteiger partial charge is 0.253 e. The lowest BCUT2D eigenvalue weighted by atomic mass is 10.0. The largest absolute Gasteiger partial charge is 0.276 e. The molecule has 0 saturated heterocycles. The number of halogens is 1. The molecule has 2 nitrogen and oxygen atoms in total. The average Bonchev–Trinajstić information content (AvgIpc) is 2.46. The lowest BCUT2D eigenvalue weighted by Gasteiger charge is -2.07. The van der Waals surface area contributed by atoms with Crippen molar-refractivity contribution >= 4 is 27.7 Å². The quantitative estimate of drug-likeness (QED) is 0.643. The van der Waals surface area contributed by atoms with Crippen LogP contribution in [0.5, 0.6) is 0 Å². The summed E-state index contributed by atoms with van der Waals surface area (Å²) in [7, 11) is 0. The summed E-state index contributed by atoms with van der Waals surface area (Å²) < 4.78 is 0. The molecule has 20 heavy (non-hydrogen) atoms. The molecule has 98 valence electrons. The zero-order valence-corrected chi connectivity index (χ0v) is 11.7. The topological polar surface area (TPSA) is 30.0 Å². The van der Waals surface area contributed by atoms with E-state index in [-0.39, 0.29) is 0 Å². The summed E-state index contributed by atoms with van der Waals surface area (Å²) in [4.78, 5) is 16.2. The van der Waals surface area contributed by atoms with Crippen LogP contribution in [-0.2, 0) is 0 Å². The Bertz CT molecular complexity index is 794. The van der Waals surface area contributed by atoms with Crippen molar-refractivity contribution in [3.05, 3.63) is 65.7 Å². The fraction of sp³-hybridized carbons (Fsp3) is 0.0588. The van der Waals surface area contributed by atoms with Gasteiger partial charge in [0.1, 0.15) is 0 Å². The lowest BCUT2D eigenvalue weighted by Crippen LogP contribution is -1.95. The van der Waals surface area contributed by atoms with Crippen LogP contribution in [0.2, 0.25) is 0 Å². The van der Waals surface area contributed by atoms with Gasteiger partial charge in [0.2, 0.25) is 0 Å². The summed E-state index contributed by atoms with van der Waals surface area (Å²) in [6, 6.07) is 17.3. The first kappa shape index (κ1) is 12.8. The maximum absolute atomic E-state index is 11.6. The van der Waals surface area contributed by atoms with Crippen molar-refractivity contribution < 1.29 is 4.79 Å². The summed E-state index contributed by atoms with van der Waals surface area (Å²) >= 11 is 5.70. The second-order valence-electron chi connectivity index (χ2n) is 4.71. The second-order valence-corrected chi connectivity index (χ2v) is 5.06.